The molecule has 94 valence electrons. The van der Waals surface area contributed by atoms with E-state index in [1.54, 1.807) is 11.0 Å². The Hall–Kier alpha value is -0.550. The molecule has 1 aliphatic heterocycles. The molecule has 1 heterocycles. The molecule has 1 aromatic rings. The zero-order valence-corrected chi connectivity index (χ0v) is 10.8. The van der Waals surface area contributed by atoms with Crippen molar-refractivity contribution >= 4 is 15.9 Å². The monoisotopic (exact) mass is 307 g/mol. The quantitative estimate of drug-likeness (QED) is 0.803. The molecule has 0 unspecified atom stereocenters. The summed E-state index contributed by atoms with van der Waals surface area (Å²) in [5.74, 6) is -2.92. The Balaban J connectivity index is 2.05. The van der Waals surface area contributed by atoms with Crippen LogP contribution < -0.4 is 0 Å². The van der Waals surface area contributed by atoms with E-state index in [4.69, 9.17) is 0 Å². The second-order valence-corrected chi connectivity index (χ2v) is 5.26. The predicted octanol–water partition coefficient (Wildman–Crippen LogP) is 3.82. The van der Waals surface area contributed by atoms with Crippen LogP contribution in [0.3, 0.4) is 0 Å². The molecule has 0 atom stereocenters. The van der Waals surface area contributed by atoms with Gasteiger partial charge in [0, 0.05) is 17.4 Å². The van der Waals surface area contributed by atoms with Crippen LogP contribution in [0.1, 0.15) is 18.4 Å². The standard InChI is InChI=1S/C12H13BrF3N/c13-11-6-10(14)3-2-9(11)7-17-5-1-4-12(15,16)8-17/h2-3,6H,1,4-5,7-8H2. The van der Waals surface area contributed by atoms with Crippen LogP contribution in [0, 0.1) is 5.82 Å². The molecule has 0 bridgehead atoms. The topological polar surface area (TPSA) is 3.24 Å². The maximum atomic E-state index is 13.2. The summed E-state index contributed by atoms with van der Waals surface area (Å²) in [6, 6.07) is 4.34. The van der Waals surface area contributed by atoms with Crippen molar-refractivity contribution in [1.29, 1.82) is 0 Å². The molecule has 0 saturated carbocycles. The van der Waals surface area contributed by atoms with Crippen molar-refractivity contribution in [2.24, 2.45) is 0 Å². The zero-order valence-electron chi connectivity index (χ0n) is 9.23. The molecule has 0 aromatic heterocycles. The van der Waals surface area contributed by atoms with Crippen LogP contribution >= 0.6 is 15.9 Å². The van der Waals surface area contributed by atoms with E-state index < -0.39 is 5.92 Å². The van der Waals surface area contributed by atoms with Crippen molar-refractivity contribution in [2.45, 2.75) is 25.3 Å². The summed E-state index contributed by atoms with van der Waals surface area (Å²) in [6.45, 7) is 0.882. The Kier molecular flexibility index (Phi) is 3.78. The van der Waals surface area contributed by atoms with Gasteiger partial charge in [-0.1, -0.05) is 22.0 Å². The highest BCUT2D eigenvalue weighted by Gasteiger charge is 2.34. The second kappa shape index (κ2) is 4.98. The van der Waals surface area contributed by atoms with Crippen molar-refractivity contribution in [3.63, 3.8) is 0 Å². The Bertz CT molecular complexity index is 409. The Morgan fingerprint density at radius 2 is 2.12 bits per heavy atom. The number of nitrogens with zero attached hydrogens (tertiary/aromatic N) is 1. The highest BCUT2D eigenvalue weighted by Crippen LogP contribution is 2.28. The molecule has 1 aliphatic rings. The van der Waals surface area contributed by atoms with Crippen molar-refractivity contribution in [2.75, 3.05) is 13.1 Å². The molecule has 1 fully saturated rings. The van der Waals surface area contributed by atoms with E-state index in [2.05, 4.69) is 15.9 Å². The van der Waals surface area contributed by atoms with Crippen molar-refractivity contribution in [1.82, 2.24) is 4.90 Å². The Morgan fingerprint density at radius 3 is 2.76 bits per heavy atom. The number of halogens is 4. The van der Waals surface area contributed by atoms with E-state index in [1.165, 1.54) is 12.1 Å². The molecule has 0 radical (unpaired) electrons. The molecule has 5 heteroatoms. The lowest BCUT2D eigenvalue weighted by Gasteiger charge is -2.32. The summed E-state index contributed by atoms with van der Waals surface area (Å²) in [5.41, 5.74) is 0.837. The fourth-order valence-electron chi connectivity index (χ4n) is 2.07. The number of hydrogen-bond donors (Lipinski definition) is 0. The number of likely N-dealkylation sites (tertiary alicyclic amines) is 1. The third-order valence-corrected chi connectivity index (χ3v) is 3.62. The third kappa shape index (κ3) is 3.45. The van der Waals surface area contributed by atoms with Gasteiger partial charge in [-0.05, 0) is 30.7 Å². The van der Waals surface area contributed by atoms with Crippen LogP contribution in [-0.4, -0.2) is 23.9 Å². The molecular weight excluding hydrogens is 295 g/mol. The van der Waals surface area contributed by atoms with Crippen LogP contribution in [-0.2, 0) is 6.54 Å². The van der Waals surface area contributed by atoms with Crippen LogP contribution in [0.15, 0.2) is 22.7 Å². The average Bonchev–Trinajstić information content (AvgIpc) is 2.21. The summed E-state index contributed by atoms with van der Waals surface area (Å²) in [7, 11) is 0. The minimum Gasteiger partial charge on any atom is -0.293 e. The molecule has 1 saturated heterocycles. The molecule has 17 heavy (non-hydrogen) atoms. The molecule has 2 rings (SSSR count). The number of rotatable bonds is 2. The summed E-state index contributed by atoms with van der Waals surface area (Å²) in [4.78, 5) is 1.71. The van der Waals surface area contributed by atoms with Crippen molar-refractivity contribution < 1.29 is 13.2 Å². The van der Waals surface area contributed by atoms with Crippen LogP contribution in [0.2, 0.25) is 0 Å². The van der Waals surface area contributed by atoms with Crippen LogP contribution in [0.5, 0.6) is 0 Å². The third-order valence-electron chi connectivity index (χ3n) is 2.88. The highest BCUT2D eigenvalue weighted by molar-refractivity contribution is 9.10. The highest BCUT2D eigenvalue weighted by atomic mass is 79.9. The van der Waals surface area contributed by atoms with Gasteiger partial charge in [0.2, 0.25) is 0 Å². The Labute approximate surface area is 107 Å². The maximum absolute atomic E-state index is 13.2. The number of hydrogen-bond acceptors (Lipinski definition) is 1. The van der Waals surface area contributed by atoms with Gasteiger partial charge >= 0.3 is 0 Å². The van der Waals surface area contributed by atoms with E-state index in [0.29, 0.717) is 24.0 Å². The van der Waals surface area contributed by atoms with Gasteiger partial charge < -0.3 is 0 Å². The van der Waals surface area contributed by atoms with E-state index in [1.807, 2.05) is 0 Å². The zero-order chi connectivity index (χ0) is 12.5. The summed E-state index contributed by atoms with van der Waals surface area (Å²) in [5, 5.41) is 0. The molecule has 1 aromatic carbocycles. The number of benzene rings is 1. The molecule has 0 N–H and O–H groups in total. The van der Waals surface area contributed by atoms with Gasteiger partial charge in [-0.3, -0.25) is 4.90 Å². The lowest BCUT2D eigenvalue weighted by atomic mass is 10.1. The van der Waals surface area contributed by atoms with Gasteiger partial charge in [0.1, 0.15) is 5.82 Å². The van der Waals surface area contributed by atoms with E-state index >= 15 is 0 Å². The van der Waals surface area contributed by atoms with E-state index in [-0.39, 0.29) is 18.8 Å². The SMILES string of the molecule is Fc1ccc(CN2CCCC(F)(F)C2)c(Br)c1. The lowest BCUT2D eigenvalue weighted by Crippen LogP contribution is -2.42. The van der Waals surface area contributed by atoms with Gasteiger partial charge in [-0.2, -0.15) is 0 Å². The van der Waals surface area contributed by atoms with Gasteiger partial charge in [-0.15, -0.1) is 0 Å². The maximum Gasteiger partial charge on any atom is 0.260 e. The van der Waals surface area contributed by atoms with Gasteiger partial charge in [0.15, 0.2) is 0 Å². The first kappa shape index (κ1) is 12.9. The molecule has 1 nitrogen and oxygen atoms in total. The first-order valence-electron chi connectivity index (χ1n) is 5.50. The summed E-state index contributed by atoms with van der Waals surface area (Å²) >= 11 is 3.25. The second-order valence-electron chi connectivity index (χ2n) is 4.41. The van der Waals surface area contributed by atoms with Gasteiger partial charge in [-0.25, -0.2) is 13.2 Å². The predicted molar refractivity (Wildman–Crippen MR) is 63.6 cm³/mol. The largest absolute Gasteiger partial charge is 0.293 e. The first-order valence-corrected chi connectivity index (χ1v) is 6.30. The van der Waals surface area contributed by atoms with Crippen LogP contribution in [0.4, 0.5) is 13.2 Å². The normalized spacial score (nSPS) is 20.5. The molecular formula is C12H13BrF3N. The fraction of sp³-hybridized carbons (Fsp3) is 0.500. The molecule has 0 amide bonds. The minimum atomic E-state index is -2.59. The van der Waals surface area contributed by atoms with Crippen molar-refractivity contribution in [3.8, 4) is 0 Å². The smallest absolute Gasteiger partial charge is 0.260 e. The fourth-order valence-corrected chi connectivity index (χ4v) is 2.55. The Morgan fingerprint density at radius 1 is 1.35 bits per heavy atom. The number of piperidine rings is 1. The van der Waals surface area contributed by atoms with Gasteiger partial charge in [0.05, 0.1) is 6.54 Å². The summed E-state index contributed by atoms with van der Waals surface area (Å²) < 4.78 is 39.9. The minimum absolute atomic E-state index is 0.0336. The number of alkyl halides is 2. The first-order chi connectivity index (χ1) is 7.96. The molecule has 0 spiro atoms. The van der Waals surface area contributed by atoms with Crippen LogP contribution in [0.25, 0.3) is 0 Å². The molecule has 0 aliphatic carbocycles. The van der Waals surface area contributed by atoms with Crippen molar-refractivity contribution in [3.05, 3.63) is 34.1 Å². The van der Waals surface area contributed by atoms with E-state index in [9.17, 15) is 13.2 Å². The van der Waals surface area contributed by atoms with E-state index in [0.717, 1.165) is 5.56 Å². The lowest BCUT2D eigenvalue weighted by molar-refractivity contribution is -0.0661. The average molecular weight is 308 g/mol. The summed E-state index contributed by atoms with van der Waals surface area (Å²) in [6.07, 6.45) is 0.472. The van der Waals surface area contributed by atoms with Gasteiger partial charge in [0.25, 0.3) is 5.92 Å².